The third kappa shape index (κ3) is 6.16. The van der Waals surface area contributed by atoms with E-state index >= 15 is 0 Å². The number of ether oxygens (including phenoxy) is 2. The van der Waals surface area contributed by atoms with Crippen LogP contribution < -0.4 is 15.8 Å². The number of hydrogen-bond acceptors (Lipinski definition) is 5. The van der Waals surface area contributed by atoms with E-state index in [0.29, 0.717) is 30.5 Å². The molecule has 1 aromatic heterocycles. The van der Waals surface area contributed by atoms with Gasteiger partial charge >= 0.3 is 6.09 Å². The summed E-state index contributed by atoms with van der Waals surface area (Å²) >= 11 is 0. The number of nitrogens with one attached hydrogen (secondary N) is 1. The van der Waals surface area contributed by atoms with Crippen molar-refractivity contribution < 1.29 is 14.3 Å². The summed E-state index contributed by atoms with van der Waals surface area (Å²) in [4.78, 5) is 15.6. The molecule has 1 amide bonds. The van der Waals surface area contributed by atoms with Crippen LogP contribution in [-0.4, -0.2) is 23.2 Å². The number of nitrogens with zero attached hydrogens (tertiary/aromatic N) is 1. The van der Waals surface area contributed by atoms with Crippen molar-refractivity contribution in [2.45, 2.75) is 32.7 Å². The number of aromatic nitrogens is 1. The Kier molecular flexibility index (Phi) is 5.63. The molecule has 3 N–H and O–H groups in total. The fourth-order valence-corrected chi connectivity index (χ4v) is 1.94. The molecular formula is C18H23N3O3. The second-order valence-corrected chi connectivity index (χ2v) is 6.41. The quantitative estimate of drug-likeness (QED) is 0.876. The van der Waals surface area contributed by atoms with Gasteiger partial charge in [0, 0.05) is 18.0 Å². The summed E-state index contributed by atoms with van der Waals surface area (Å²) in [5.41, 5.74) is 6.36. The van der Waals surface area contributed by atoms with Crippen molar-refractivity contribution in [1.82, 2.24) is 10.3 Å². The number of nitrogens with two attached hydrogens (primary N) is 1. The number of carbonyl (C=O) groups is 1. The van der Waals surface area contributed by atoms with Crippen LogP contribution in [0.15, 0.2) is 42.5 Å². The SMILES string of the molecule is CC(C)(C)NC(=O)OCCc1ccc(Oc2cccc(N)n2)cc1. The average Bonchev–Trinajstić information content (AvgIpc) is 2.47. The highest BCUT2D eigenvalue weighted by atomic mass is 16.5. The number of benzene rings is 1. The predicted octanol–water partition coefficient (Wildman–Crippen LogP) is 3.52. The summed E-state index contributed by atoms with van der Waals surface area (Å²) in [6.07, 6.45) is 0.226. The van der Waals surface area contributed by atoms with E-state index in [-0.39, 0.29) is 5.54 Å². The maximum absolute atomic E-state index is 11.6. The fraction of sp³-hybridized carbons (Fsp3) is 0.333. The summed E-state index contributed by atoms with van der Waals surface area (Å²) in [7, 11) is 0. The van der Waals surface area contributed by atoms with Crippen LogP contribution in [0.3, 0.4) is 0 Å². The smallest absolute Gasteiger partial charge is 0.407 e. The zero-order valence-corrected chi connectivity index (χ0v) is 14.2. The van der Waals surface area contributed by atoms with Crippen LogP contribution in [0.25, 0.3) is 0 Å². The first kappa shape index (κ1) is 17.6. The Morgan fingerprint density at radius 3 is 2.50 bits per heavy atom. The number of hydrogen-bond donors (Lipinski definition) is 2. The van der Waals surface area contributed by atoms with Gasteiger partial charge in [0.05, 0.1) is 6.61 Å². The largest absolute Gasteiger partial charge is 0.449 e. The number of nitrogen functional groups attached to an aromatic ring is 1. The lowest BCUT2D eigenvalue weighted by Gasteiger charge is -2.19. The molecule has 0 radical (unpaired) electrons. The van der Waals surface area contributed by atoms with E-state index in [0.717, 1.165) is 5.56 Å². The van der Waals surface area contributed by atoms with Gasteiger partial charge in [0.25, 0.3) is 0 Å². The number of pyridine rings is 1. The highest BCUT2D eigenvalue weighted by Gasteiger charge is 2.14. The summed E-state index contributed by atoms with van der Waals surface area (Å²) in [5.74, 6) is 1.53. The van der Waals surface area contributed by atoms with E-state index < -0.39 is 6.09 Å². The Bertz CT molecular complexity index is 679. The van der Waals surface area contributed by atoms with Crippen LogP contribution in [0.1, 0.15) is 26.3 Å². The topological polar surface area (TPSA) is 86.5 Å². The summed E-state index contributed by atoms with van der Waals surface area (Å²) in [6.45, 7) is 6.03. The van der Waals surface area contributed by atoms with Gasteiger partial charge in [0.15, 0.2) is 0 Å². The predicted molar refractivity (Wildman–Crippen MR) is 93.1 cm³/mol. The zero-order valence-electron chi connectivity index (χ0n) is 14.2. The van der Waals surface area contributed by atoms with Crippen molar-refractivity contribution in [2.24, 2.45) is 0 Å². The minimum atomic E-state index is -0.407. The molecule has 128 valence electrons. The highest BCUT2D eigenvalue weighted by molar-refractivity contribution is 5.68. The molecule has 2 aromatic rings. The van der Waals surface area contributed by atoms with Crippen molar-refractivity contribution in [3.63, 3.8) is 0 Å². The molecule has 0 saturated carbocycles. The fourth-order valence-electron chi connectivity index (χ4n) is 1.94. The number of rotatable bonds is 5. The molecule has 0 fully saturated rings. The maximum Gasteiger partial charge on any atom is 0.407 e. The molecule has 0 aliphatic carbocycles. The number of carbonyl (C=O) groups excluding carboxylic acids is 1. The van der Waals surface area contributed by atoms with Crippen molar-refractivity contribution in [1.29, 1.82) is 0 Å². The van der Waals surface area contributed by atoms with Gasteiger partial charge in [0.1, 0.15) is 11.6 Å². The van der Waals surface area contributed by atoms with E-state index in [4.69, 9.17) is 15.2 Å². The summed E-state index contributed by atoms with van der Waals surface area (Å²) < 4.78 is 10.8. The van der Waals surface area contributed by atoms with Gasteiger partial charge in [-0.15, -0.1) is 0 Å². The third-order valence-electron chi connectivity index (χ3n) is 2.99. The molecule has 0 aliphatic heterocycles. The normalized spacial score (nSPS) is 11.0. The second-order valence-electron chi connectivity index (χ2n) is 6.41. The lowest BCUT2D eigenvalue weighted by atomic mass is 10.1. The Balaban J connectivity index is 1.81. The van der Waals surface area contributed by atoms with Gasteiger partial charge in [0.2, 0.25) is 5.88 Å². The molecule has 0 aliphatic rings. The van der Waals surface area contributed by atoms with Gasteiger partial charge in [-0.05, 0) is 44.5 Å². The first-order chi connectivity index (χ1) is 11.3. The average molecular weight is 329 g/mol. The minimum absolute atomic E-state index is 0.301. The Hall–Kier alpha value is -2.76. The van der Waals surface area contributed by atoms with E-state index in [1.807, 2.05) is 45.0 Å². The Labute approximate surface area is 142 Å². The van der Waals surface area contributed by atoms with Gasteiger partial charge < -0.3 is 20.5 Å². The number of alkyl carbamates (subject to hydrolysis) is 1. The highest BCUT2D eigenvalue weighted by Crippen LogP contribution is 2.20. The summed E-state index contributed by atoms with van der Waals surface area (Å²) in [6, 6.07) is 12.8. The molecule has 24 heavy (non-hydrogen) atoms. The molecule has 1 heterocycles. The molecule has 2 rings (SSSR count). The number of amides is 1. The lowest BCUT2D eigenvalue weighted by molar-refractivity contribution is 0.139. The standard InChI is InChI=1S/C18H23N3O3/c1-18(2,3)21-17(22)23-12-11-13-7-9-14(10-8-13)24-16-6-4-5-15(19)20-16/h4-10H,11-12H2,1-3H3,(H2,19,20)(H,21,22). The molecule has 6 heteroatoms. The van der Waals surface area contributed by atoms with Gasteiger partial charge in [-0.2, -0.15) is 4.98 Å². The first-order valence-electron chi connectivity index (χ1n) is 7.76. The molecule has 1 aromatic carbocycles. The van der Waals surface area contributed by atoms with E-state index in [1.165, 1.54) is 0 Å². The van der Waals surface area contributed by atoms with Crippen molar-refractivity contribution in [2.75, 3.05) is 12.3 Å². The van der Waals surface area contributed by atoms with Crippen LogP contribution in [-0.2, 0) is 11.2 Å². The van der Waals surface area contributed by atoms with E-state index in [2.05, 4.69) is 10.3 Å². The molecule has 6 nitrogen and oxygen atoms in total. The van der Waals surface area contributed by atoms with Gasteiger partial charge in [-0.1, -0.05) is 18.2 Å². The van der Waals surface area contributed by atoms with Gasteiger partial charge in [-0.25, -0.2) is 4.79 Å². The zero-order chi connectivity index (χ0) is 17.6. The van der Waals surface area contributed by atoms with Crippen LogP contribution in [0.5, 0.6) is 11.6 Å². The third-order valence-corrected chi connectivity index (χ3v) is 2.99. The van der Waals surface area contributed by atoms with Crippen LogP contribution in [0.2, 0.25) is 0 Å². The number of anilines is 1. The van der Waals surface area contributed by atoms with E-state index in [9.17, 15) is 4.79 Å². The minimum Gasteiger partial charge on any atom is -0.449 e. The van der Waals surface area contributed by atoms with Crippen molar-refractivity contribution >= 4 is 11.9 Å². The van der Waals surface area contributed by atoms with Gasteiger partial charge in [-0.3, -0.25) is 0 Å². The van der Waals surface area contributed by atoms with Crippen LogP contribution >= 0.6 is 0 Å². The molecule has 0 unspecified atom stereocenters. The Morgan fingerprint density at radius 2 is 1.88 bits per heavy atom. The Morgan fingerprint density at radius 1 is 1.17 bits per heavy atom. The van der Waals surface area contributed by atoms with Crippen molar-refractivity contribution in [3.8, 4) is 11.6 Å². The maximum atomic E-state index is 11.6. The van der Waals surface area contributed by atoms with Crippen LogP contribution in [0, 0.1) is 0 Å². The first-order valence-corrected chi connectivity index (χ1v) is 7.76. The molecule has 0 spiro atoms. The molecule has 0 bridgehead atoms. The lowest BCUT2D eigenvalue weighted by Crippen LogP contribution is -2.41. The molecule has 0 saturated heterocycles. The van der Waals surface area contributed by atoms with Crippen molar-refractivity contribution in [3.05, 3.63) is 48.0 Å². The molecular weight excluding hydrogens is 306 g/mol. The second kappa shape index (κ2) is 7.68. The molecule has 0 atom stereocenters. The van der Waals surface area contributed by atoms with E-state index in [1.54, 1.807) is 18.2 Å². The van der Waals surface area contributed by atoms with Crippen LogP contribution in [0.4, 0.5) is 10.6 Å². The monoisotopic (exact) mass is 329 g/mol. The summed E-state index contributed by atoms with van der Waals surface area (Å²) in [5, 5.41) is 2.75.